The summed E-state index contributed by atoms with van der Waals surface area (Å²) in [6.07, 6.45) is 0.221. The molecule has 2 aliphatic heterocycles. The summed E-state index contributed by atoms with van der Waals surface area (Å²) in [5.41, 5.74) is 0.743. The van der Waals surface area contributed by atoms with Gasteiger partial charge in [0.2, 0.25) is 5.91 Å². The molecule has 2 aliphatic rings. The van der Waals surface area contributed by atoms with E-state index in [0.29, 0.717) is 48.8 Å². The normalized spacial score (nSPS) is 21.2. The monoisotopic (exact) mass is 354 g/mol. The minimum atomic E-state index is -0.0551. The zero-order chi connectivity index (χ0) is 16.9. The number of benzene rings is 1. The summed E-state index contributed by atoms with van der Waals surface area (Å²) in [6, 6.07) is 3.51. The minimum Gasteiger partial charge on any atom is -0.486 e. The maximum atomic E-state index is 12.2. The Hall–Kier alpha value is -1.50. The van der Waals surface area contributed by atoms with E-state index in [9.17, 15) is 4.79 Å². The molecule has 1 saturated heterocycles. The van der Waals surface area contributed by atoms with Crippen molar-refractivity contribution in [2.24, 2.45) is 5.92 Å². The predicted octanol–water partition coefficient (Wildman–Crippen LogP) is 1.35. The number of hydrogen-bond donors (Lipinski definition) is 1. The van der Waals surface area contributed by atoms with Crippen molar-refractivity contribution >= 4 is 17.5 Å². The van der Waals surface area contributed by atoms with E-state index in [4.69, 9.17) is 25.8 Å². The topological polar surface area (TPSA) is 60.0 Å². The molecule has 0 spiro atoms. The van der Waals surface area contributed by atoms with Crippen LogP contribution in [0, 0.1) is 5.92 Å². The average molecular weight is 355 g/mol. The van der Waals surface area contributed by atoms with Crippen molar-refractivity contribution < 1.29 is 19.0 Å². The van der Waals surface area contributed by atoms with Gasteiger partial charge in [-0.3, -0.25) is 4.79 Å². The standard InChI is InChI=1S/C17H23ClN2O4/c1-20-2-3-22-11-12(10-20)9-19-17(21)7-13-6-15-16(8-14(13)18)24-5-4-23-15/h6,8,12H,2-5,7,9-11H2,1H3,(H,19,21)/t12-/m0/s1. The number of carbonyl (C=O) groups excluding carboxylic acids is 1. The summed E-state index contributed by atoms with van der Waals surface area (Å²) in [5.74, 6) is 1.53. The summed E-state index contributed by atoms with van der Waals surface area (Å²) < 4.78 is 16.6. The number of nitrogens with one attached hydrogen (secondary N) is 1. The maximum absolute atomic E-state index is 12.2. The highest BCUT2D eigenvalue weighted by Gasteiger charge is 2.19. The van der Waals surface area contributed by atoms with Crippen LogP contribution in [0.15, 0.2) is 12.1 Å². The molecule has 0 aromatic heterocycles. The first-order chi connectivity index (χ1) is 11.6. The van der Waals surface area contributed by atoms with Crippen molar-refractivity contribution in [3.05, 3.63) is 22.7 Å². The highest BCUT2D eigenvalue weighted by Crippen LogP contribution is 2.35. The van der Waals surface area contributed by atoms with Gasteiger partial charge < -0.3 is 24.4 Å². The first-order valence-electron chi connectivity index (χ1n) is 8.23. The van der Waals surface area contributed by atoms with Crippen LogP contribution in [-0.2, 0) is 16.0 Å². The lowest BCUT2D eigenvalue weighted by Gasteiger charge is -2.20. The molecule has 1 amide bonds. The second kappa shape index (κ2) is 8.05. The lowest BCUT2D eigenvalue weighted by Crippen LogP contribution is -2.36. The van der Waals surface area contributed by atoms with Crippen LogP contribution in [0.4, 0.5) is 0 Å². The van der Waals surface area contributed by atoms with Gasteiger partial charge in [0, 0.05) is 36.6 Å². The minimum absolute atomic E-state index is 0.0551. The van der Waals surface area contributed by atoms with Gasteiger partial charge in [-0.15, -0.1) is 0 Å². The Morgan fingerprint density at radius 1 is 1.29 bits per heavy atom. The van der Waals surface area contributed by atoms with Crippen LogP contribution in [0.5, 0.6) is 11.5 Å². The number of ether oxygens (including phenoxy) is 3. The SMILES string of the molecule is CN1CCOC[C@@H](CNC(=O)Cc2cc3c(cc2Cl)OCCO3)C1. The van der Waals surface area contributed by atoms with Gasteiger partial charge in [-0.05, 0) is 18.7 Å². The Morgan fingerprint density at radius 2 is 2.04 bits per heavy atom. The molecule has 1 N–H and O–H groups in total. The highest BCUT2D eigenvalue weighted by atomic mass is 35.5. The van der Waals surface area contributed by atoms with Crippen LogP contribution in [-0.4, -0.2) is 63.9 Å². The molecule has 1 aromatic rings. The zero-order valence-corrected chi connectivity index (χ0v) is 14.6. The van der Waals surface area contributed by atoms with Gasteiger partial charge in [0.25, 0.3) is 0 Å². The maximum Gasteiger partial charge on any atom is 0.224 e. The van der Waals surface area contributed by atoms with Crippen molar-refractivity contribution in [1.29, 1.82) is 0 Å². The smallest absolute Gasteiger partial charge is 0.224 e. The van der Waals surface area contributed by atoms with Crippen molar-refractivity contribution in [3.8, 4) is 11.5 Å². The van der Waals surface area contributed by atoms with Crippen LogP contribution in [0.2, 0.25) is 5.02 Å². The number of rotatable bonds is 4. The van der Waals surface area contributed by atoms with E-state index in [0.717, 1.165) is 25.3 Å². The van der Waals surface area contributed by atoms with E-state index in [2.05, 4.69) is 17.3 Å². The van der Waals surface area contributed by atoms with Crippen LogP contribution >= 0.6 is 11.6 Å². The van der Waals surface area contributed by atoms with Gasteiger partial charge in [0.1, 0.15) is 13.2 Å². The van der Waals surface area contributed by atoms with Crippen LogP contribution in [0.25, 0.3) is 0 Å². The second-order valence-electron chi connectivity index (χ2n) is 6.27. The average Bonchev–Trinajstić information content (AvgIpc) is 2.78. The van der Waals surface area contributed by atoms with Gasteiger partial charge in [0.05, 0.1) is 19.6 Å². The third-order valence-electron chi connectivity index (χ3n) is 4.19. The molecule has 132 valence electrons. The Balaban J connectivity index is 1.55. The second-order valence-corrected chi connectivity index (χ2v) is 6.68. The van der Waals surface area contributed by atoms with E-state index in [1.807, 2.05) is 0 Å². The lowest BCUT2D eigenvalue weighted by molar-refractivity contribution is -0.120. The Labute approximate surface area is 147 Å². The van der Waals surface area contributed by atoms with E-state index < -0.39 is 0 Å². The first kappa shape index (κ1) is 17.3. The number of fused-ring (bicyclic) bond motifs is 1. The fourth-order valence-electron chi connectivity index (χ4n) is 2.91. The number of halogens is 1. The quantitative estimate of drug-likeness (QED) is 0.884. The predicted molar refractivity (Wildman–Crippen MR) is 91.0 cm³/mol. The van der Waals surface area contributed by atoms with Crippen LogP contribution < -0.4 is 14.8 Å². The molecule has 0 bridgehead atoms. The van der Waals surface area contributed by atoms with Gasteiger partial charge >= 0.3 is 0 Å². The van der Waals surface area contributed by atoms with Crippen molar-refractivity contribution in [2.45, 2.75) is 6.42 Å². The lowest BCUT2D eigenvalue weighted by atomic mass is 10.1. The molecule has 0 aliphatic carbocycles. The number of amides is 1. The van der Waals surface area contributed by atoms with Gasteiger partial charge in [-0.25, -0.2) is 0 Å². The van der Waals surface area contributed by atoms with Crippen molar-refractivity contribution in [1.82, 2.24) is 10.2 Å². The number of likely N-dealkylation sites (N-methyl/N-ethyl adjacent to an activating group) is 1. The zero-order valence-electron chi connectivity index (χ0n) is 13.8. The third-order valence-corrected chi connectivity index (χ3v) is 4.54. The molecular weight excluding hydrogens is 332 g/mol. The van der Waals surface area contributed by atoms with E-state index in [-0.39, 0.29) is 12.3 Å². The highest BCUT2D eigenvalue weighted by molar-refractivity contribution is 6.31. The molecule has 24 heavy (non-hydrogen) atoms. The number of hydrogen-bond acceptors (Lipinski definition) is 5. The largest absolute Gasteiger partial charge is 0.486 e. The number of carbonyl (C=O) groups is 1. The summed E-state index contributed by atoms with van der Waals surface area (Å²) >= 11 is 6.25. The van der Waals surface area contributed by atoms with E-state index in [1.165, 1.54) is 0 Å². The number of nitrogens with zero attached hydrogens (tertiary/aromatic N) is 1. The summed E-state index contributed by atoms with van der Waals surface area (Å²) in [6.45, 7) is 4.90. The molecule has 1 aromatic carbocycles. The molecule has 1 atom stereocenters. The van der Waals surface area contributed by atoms with Crippen LogP contribution in [0.3, 0.4) is 0 Å². The van der Waals surface area contributed by atoms with Gasteiger partial charge in [0.15, 0.2) is 11.5 Å². The molecule has 0 radical (unpaired) electrons. The Bertz CT molecular complexity index is 596. The fraction of sp³-hybridized carbons (Fsp3) is 0.588. The van der Waals surface area contributed by atoms with E-state index in [1.54, 1.807) is 12.1 Å². The van der Waals surface area contributed by atoms with Gasteiger partial charge in [-0.2, -0.15) is 0 Å². The fourth-order valence-corrected chi connectivity index (χ4v) is 3.13. The Morgan fingerprint density at radius 3 is 2.83 bits per heavy atom. The van der Waals surface area contributed by atoms with Gasteiger partial charge in [-0.1, -0.05) is 11.6 Å². The summed E-state index contributed by atoms with van der Waals surface area (Å²) in [5, 5.41) is 3.50. The van der Waals surface area contributed by atoms with Crippen molar-refractivity contribution in [3.63, 3.8) is 0 Å². The molecule has 3 rings (SSSR count). The summed E-state index contributed by atoms with van der Waals surface area (Å²) in [7, 11) is 2.07. The summed E-state index contributed by atoms with van der Waals surface area (Å²) in [4.78, 5) is 14.5. The molecular formula is C17H23ClN2O4. The molecule has 2 heterocycles. The molecule has 0 saturated carbocycles. The van der Waals surface area contributed by atoms with E-state index >= 15 is 0 Å². The van der Waals surface area contributed by atoms with Crippen LogP contribution in [0.1, 0.15) is 5.56 Å². The van der Waals surface area contributed by atoms with Crippen molar-refractivity contribution in [2.75, 3.05) is 53.1 Å². The molecule has 7 heteroatoms. The Kier molecular flexibility index (Phi) is 5.81. The molecule has 6 nitrogen and oxygen atoms in total. The molecule has 0 unspecified atom stereocenters. The first-order valence-corrected chi connectivity index (χ1v) is 8.60. The molecule has 1 fully saturated rings. The third kappa shape index (κ3) is 4.53.